The van der Waals surface area contributed by atoms with Gasteiger partial charge in [0.25, 0.3) is 5.91 Å². The SMILES string of the molecule is CN(C(=O)c1cc(S(=O)(=O)NC2CCCC2)c(Cl)cc1Cl)C1CCCCC1. The van der Waals surface area contributed by atoms with E-state index in [2.05, 4.69) is 4.72 Å². The molecule has 0 aromatic heterocycles. The van der Waals surface area contributed by atoms with Gasteiger partial charge in [0, 0.05) is 19.1 Å². The number of nitrogens with one attached hydrogen (secondary N) is 1. The van der Waals surface area contributed by atoms with E-state index in [1.54, 1.807) is 11.9 Å². The summed E-state index contributed by atoms with van der Waals surface area (Å²) >= 11 is 12.4. The van der Waals surface area contributed by atoms with Gasteiger partial charge >= 0.3 is 0 Å². The molecule has 2 saturated carbocycles. The molecule has 2 fully saturated rings. The maximum absolute atomic E-state index is 13.0. The molecule has 0 bridgehead atoms. The van der Waals surface area contributed by atoms with Crippen LogP contribution in [0.3, 0.4) is 0 Å². The Morgan fingerprint density at radius 2 is 1.59 bits per heavy atom. The highest BCUT2D eigenvalue weighted by molar-refractivity contribution is 7.89. The number of hydrogen-bond donors (Lipinski definition) is 1. The number of carbonyl (C=O) groups is 1. The predicted molar refractivity (Wildman–Crippen MR) is 108 cm³/mol. The monoisotopic (exact) mass is 432 g/mol. The molecular weight excluding hydrogens is 407 g/mol. The Bertz CT molecular complexity index is 801. The van der Waals surface area contributed by atoms with Crippen molar-refractivity contribution in [2.24, 2.45) is 0 Å². The van der Waals surface area contributed by atoms with Gasteiger partial charge in [-0.05, 0) is 37.8 Å². The van der Waals surface area contributed by atoms with Crippen LogP contribution in [0.5, 0.6) is 0 Å². The van der Waals surface area contributed by atoms with Crippen molar-refractivity contribution in [3.63, 3.8) is 0 Å². The Hall–Kier alpha value is -0.820. The molecule has 1 aromatic carbocycles. The highest BCUT2D eigenvalue weighted by atomic mass is 35.5. The molecular formula is C19H26Cl2N2O3S. The van der Waals surface area contributed by atoms with Gasteiger partial charge in [-0.2, -0.15) is 0 Å². The molecule has 27 heavy (non-hydrogen) atoms. The molecule has 0 saturated heterocycles. The molecule has 0 aliphatic heterocycles. The minimum absolute atomic E-state index is 0.0300. The van der Waals surface area contributed by atoms with Crippen molar-refractivity contribution >= 4 is 39.1 Å². The van der Waals surface area contributed by atoms with E-state index in [0.717, 1.165) is 51.4 Å². The van der Waals surface area contributed by atoms with Crippen molar-refractivity contribution in [3.8, 4) is 0 Å². The van der Waals surface area contributed by atoms with E-state index in [-0.39, 0.29) is 38.5 Å². The molecule has 0 heterocycles. The highest BCUT2D eigenvalue weighted by Crippen LogP contribution is 2.32. The standard InChI is InChI=1S/C19H26Cl2N2O3S/c1-23(14-9-3-2-4-10-14)19(24)15-11-18(17(21)12-16(15)20)27(25,26)22-13-7-5-6-8-13/h11-14,22H,2-10H2,1H3. The van der Waals surface area contributed by atoms with Crippen LogP contribution in [0.1, 0.15) is 68.1 Å². The smallest absolute Gasteiger partial charge is 0.255 e. The van der Waals surface area contributed by atoms with Crippen LogP contribution in [0.2, 0.25) is 10.0 Å². The minimum atomic E-state index is -3.81. The summed E-state index contributed by atoms with van der Waals surface area (Å²) in [5.41, 5.74) is 0.181. The molecule has 5 nitrogen and oxygen atoms in total. The molecule has 3 rings (SSSR count). The second kappa shape index (κ2) is 8.68. The fourth-order valence-electron chi connectivity index (χ4n) is 4.05. The number of benzene rings is 1. The minimum Gasteiger partial charge on any atom is -0.339 e. The molecule has 0 unspecified atom stereocenters. The van der Waals surface area contributed by atoms with Crippen molar-refractivity contribution < 1.29 is 13.2 Å². The molecule has 1 N–H and O–H groups in total. The van der Waals surface area contributed by atoms with Crippen LogP contribution >= 0.6 is 23.2 Å². The van der Waals surface area contributed by atoms with E-state index in [0.29, 0.717) is 0 Å². The zero-order chi connectivity index (χ0) is 19.6. The summed E-state index contributed by atoms with van der Waals surface area (Å²) in [7, 11) is -2.05. The Kier molecular flexibility index (Phi) is 6.72. The van der Waals surface area contributed by atoms with Gasteiger partial charge in [-0.15, -0.1) is 0 Å². The lowest BCUT2D eigenvalue weighted by Crippen LogP contribution is -2.38. The van der Waals surface area contributed by atoms with E-state index >= 15 is 0 Å². The van der Waals surface area contributed by atoms with Crippen LogP contribution in [-0.2, 0) is 10.0 Å². The van der Waals surface area contributed by atoms with E-state index < -0.39 is 10.0 Å². The summed E-state index contributed by atoms with van der Waals surface area (Å²) < 4.78 is 28.3. The zero-order valence-electron chi connectivity index (χ0n) is 15.5. The maximum Gasteiger partial charge on any atom is 0.255 e. The van der Waals surface area contributed by atoms with Crippen LogP contribution in [0.4, 0.5) is 0 Å². The molecule has 0 spiro atoms. The number of carbonyl (C=O) groups excluding carboxylic acids is 1. The van der Waals surface area contributed by atoms with Crippen LogP contribution < -0.4 is 4.72 Å². The Morgan fingerprint density at radius 3 is 2.22 bits per heavy atom. The maximum atomic E-state index is 13.0. The van der Waals surface area contributed by atoms with Gasteiger partial charge < -0.3 is 4.90 Å². The first kappa shape index (κ1) is 20.9. The number of halogens is 2. The van der Waals surface area contributed by atoms with E-state index in [9.17, 15) is 13.2 Å². The lowest BCUT2D eigenvalue weighted by Gasteiger charge is -2.31. The molecule has 0 radical (unpaired) electrons. The van der Waals surface area contributed by atoms with Gasteiger partial charge in [-0.3, -0.25) is 4.79 Å². The zero-order valence-corrected chi connectivity index (χ0v) is 17.8. The summed E-state index contributed by atoms with van der Waals surface area (Å²) in [6.45, 7) is 0. The quantitative estimate of drug-likeness (QED) is 0.737. The molecule has 8 heteroatoms. The largest absolute Gasteiger partial charge is 0.339 e. The molecule has 1 amide bonds. The third-order valence-corrected chi connectivity index (χ3v) is 7.96. The van der Waals surface area contributed by atoms with Gasteiger partial charge in [-0.25, -0.2) is 13.1 Å². The van der Waals surface area contributed by atoms with Gasteiger partial charge in [0.1, 0.15) is 4.90 Å². The lowest BCUT2D eigenvalue weighted by atomic mass is 9.94. The van der Waals surface area contributed by atoms with Gasteiger partial charge in [0.15, 0.2) is 0 Å². The fraction of sp³-hybridized carbons (Fsp3) is 0.632. The van der Waals surface area contributed by atoms with Crippen LogP contribution in [0.15, 0.2) is 17.0 Å². The predicted octanol–water partition coefficient (Wildman–Crippen LogP) is 4.62. The summed E-state index contributed by atoms with van der Waals surface area (Å²) in [5, 5.41) is 0.204. The van der Waals surface area contributed by atoms with Crippen molar-refractivity contribution in [1.29, 1.82) is 0 Å². The average Bonchev–Trinajstić information content (AvgIpc) is 3.13. The van der Waals surface area contributed by atoms with Gasteiger partial charge in [0.05, 0.1) is 15.6 Å². The first-order chi connectivity index (χ1) is 12.8. The van der Waals surface area contributed by atoms with Gasteiger partial charge in [-0.1, -0.05) is 55.3 Å². The number of rotatable bonds is 5. The summed E-state index contributed by atoms with van der Waals surface area (Å²) in [6.07, 6.45) is 8.97. The second-order valence-corrected chi connectivity index (χ2v) is 10.1. The van der Waals surface area contributed by atoms with Crippen molar-refractivity contribution in [2.75, 3.05) is 7.05 Å². The number of hydrogen-bond acceptors (Lipinski definition) is 3. The van der Waals surface area contributed by atoms with Gasteiger partial charge in [0.2, 0.25) is 10.0 Å². The highest BCUT2D eigenvalue weighted by Gasteiger charge is 2.29. The Balaban J connectivity index is 1.87. The van der Waals surface area contributed by atoms with E-state index in [1.165, 1.54) is 18.6 Å². The van der Waals surface area contributed by atoms with Crippen molar-refractivity contribution in [1.82, 2.24) is 9.62 Å². The van der Waals surface area contributed by atoms with E-state index in [4.69, 9.17) is 23.2 Å². The Morgan fingerprint density at radius 1 is 1.00 bits per heavy atom. The van der Waals surface area contributed by atoms with Crippen molar-refractivity contribution in [2.45, 2.75) is 74.8 Å². The second-order valence-electron chi connectivity index (χ2n) is 7.57. The third-order valence-electron chi connectivity index (χ3n) is 5.66. The van der Waals surface area contributed by atoms with E-state index in [1.807, 2.05) is 0 Å². The normalized spacial score (nSPS) is 19.4. The number of nitrogens with zero attached hydrogens (tertiary/aromatic N) is 1. The van der Waals surface area contributed by atoms with Crippen LogP contribution in [0.25, 0.3) is 0 Å². The summed E-state index contributed by atoms with van der Waals surface area (Å²) in [5.74, 6) is -0.263. The topological polar surface area (TPSA) is 66.5 Å². The van der Waals surface area contributed by atoms with Crippen LogP contribution in [-0.4, -0.2) is 38.4 Å². The van der Waals surface area contributed by atoms with Crippen LogP contribution in [0, 0.1) is 0 Å². The molecule has 2 aliphatic carbocycles. The molecule has 1 aromatic rings. The lowest BCUT2D eigenvalue weighted by molar-refractivity contribution is 0.0696. The first-order valence-corrected chi connectivity index (χ1v) is 11.8. The third kappa shape index (κ3) is 4.78. The fourth-order valence-corrected chi connectivity index (χ4v) is 6.21. The Labute approximate surface area is 171 Å². The molecule has 2 aliphatic rings. The summed E-state index contributed by atoms with van der Waals surface area (Å²) in [6, 6.07) is 2.76. The first-order valence-electron chi connectivity index (χ1n) is 9.58. The number of sulfonamides is 1. The number of amides is 1. The van der Waals surface area contributed by atoms with Crippen molar-refractivity contribution in [3.05, 3.63) is 27.7 Å². The molecule has 0 atom stereocenters. The summed E-state index contributed by atoms with van der Waals surface area (Å²) in [4.78, 5) is 14.6. The molecule has 150 valence electrons. The average molecular weight is 433 g/mol.